The number of rotatable bonds is 5. The van der Waals surface area contributed by atoms with E-state index in [2.05, 4.69) is 20.2 Å². The molecule has 4 aromatic rings. The Morgan fingerprint density at radius 1 is 1.24 bits per heavy atom. The van der Waals surface area contributed by atoms with E-state index in [9.17, 15) is 23.1 Å². The van der Waals surface area contributed by atoms with Crippen molar-refractivity contribution in [3.63, 3.8) is 0 Å². The highest BCUT2D eigenvalue weighted by atomic mass is 19.4. The van der Waals surface area contributed by atoms with Crippen LogP contribution in [0.15, 0.2) is 41.7 Å². The first-order valence-corrected chi connectivity index (χ1v) is 10.3. The van der Waals surface area contributed by atoms with Crippen LogP contribution in [0.3, 0.4) is 0 Å². The number of pyridine rings is 2. The third-order valence-corrected chi connectivity index (χ3v) is 5.72. The third-order valence-electron chi connectivity index (χ3n) is 5.72. The van der Waals surface area contributed by atoms with Gasteiger partial charge in [0.2, 0.25) is 0 Å². The highest BCUT2D eigenvalue weighted by molar-refractivity contribution is 5.93. The monoisotopic (exact) mass is 456 g/mol. The minimum atomic E-state index is -4.86. The Morgan fingerprint density at radius 2 is 2.03 bits per heavy atom. The van der Waals surface area contributed by atoms with Crippen LogP contribution >= 0.6 is 0 Å². The number of alkyl halides is 3. The van der Waals surface area contributed by atoms with Crippen LogP contribution in [0.4, 0.5) is 13.2 Å². The SMILES string of the molecule is Cc1[nH]ncc1-c1nc(-c2ccc(C3CC3)nc2)cc2c(=O)n(C[C@H](O)C(F)(F)F)cnc12. The summed E-state index contributed by atoms with van der Waals surface area (Å²) >= 11 is 0. The van der Waals surface area contributed by atoms with Crippen molar-refractivity contribution in [2.24, 2.45) is 0 Å². The van der Waals surface area contributed by atoms with Crippen molar-refractivity contribution in [3.05, 3.63) is 58.7 Å². The lowest BCUT2D eigenvalue weighted by Gasteiger charge is -2.16. The minimum Gasteiger partial charge on any atom is -0.382 e. The van der Waals surface area contributed by atoms with E-state index < -0.39 is 24.4 Å². The molecule has 8 nitrogen and oxygen atoms in total. The van der Waals surface area contributed by atoms with E-state index in [-0.39, 0.29) is 10.9 Å². The number of nitrogens with one attached hydrogen (secondary N) is 1. The van der Waals surface area contributed by atoms with Gasteiger partial charge >= 0.3 is 6.18 Å². The fourth-order valence-corrected chi connectivity index (χ4v) is 3.69. The summed E-state index contributed by atoms with van der Waals surface area (Å²) in [6.07, 6.45) is -1.10. The average molecular weight is 456 g/mol. The lowest BCUT2D eigenvalue weighted by molar-refractivity contribution is -0.207. The average Bonchev–Trinajstić information content (AvgIpc) is 3.55. The zero-order valence-corrected chi connectivity index (χ0v) is 17.5. The molecule has 0 aliphatic heterocycles. The molecule has 1 atom stereocenters. The molecule has 1 aliphatic carbocycles. The molecule has 1 saturated carbocycles. The predicted molar refractivity (Wildman–Crippen MR) is 113 cm³/mol. The van der Waals surface area contributed by atoms with Crippen LogP contribution in [-0.2, 0) is 6.54 Å². The highest BCUT2D eigenvalue weighted by Crippen LogP contribution is 2.39. The van der Waals surface area contributed by atoms with Crippen molar-refractivity contribution in [2.75, 3.05) is 0 Å². The van der Waals surface area contributed by atoms with Gasteiger partial charge in [-0.15, -0.1) is 0 Å². The summed E-state index contributed by atoms with van der Waals surface area (Å²) in [6.45, 7) is 0.829. The van der Waals surface area contributed by atoms with Gasteiger partial charge in [0.05, 0.1) is 30.1 Å². The summed E-state index contributed by atoms with van der Waals surface area (Å²) in [5.41, 5.74) is 3.29. The molecular weight excluding hydrogens is 437 g/mol. The fraction of sp³-hybridized carbons (Fsp3) is 0.318. The molecule has 4 aromatic heterocycles. The molecule has 5 rings (SSSR count). The number of fused-ring (bicyclic) bond motifs is 1. The molecule has 0 spiro atoms. The van der Waals surface area contributed by atoms with E-state index in [1.807, 2.05) is 12.1 Å². The molecular formula is C22H19F3N6O2. The molecule has 0 bridgehead atoms. The smallest absolute Gasteiger partial charge is 0.382 e. The van der Waals surface area contributed by atoms with Crippen LogP contribution in [0.5, 0.6) is 0 Å². The number of aromatic nitrogens is 6. The van der Waals surface area contributed by atoms with Crippen LogP contribution in [0, 0.1) is 6.92 Å². The predicted octanol–water partition coefficient (Wildman–Crippen LogP) is 3.35. The van der Waals surface area contributed by atoms with Crippen LogP contribution in [-0.4, -0.2) is 47.1 Å². The standard InChI is InChI=1S/C22H19F3N6O2/c1-11-15(8-28-30-11)20-19-14(21(33)31(10-27-19)9-18(32)22(23,24)25)6-17(29-20)13-4-5-16(26-7-13)12-2-3-12/h4-8,10,12,18,32H,2-3,9H2,1H3,(H,28,30)/t18-/m0/s1. The second kappa shape index (κ2) is 7.77. The van der Waals surface area contributed by atoms with Gasteiger partial charge in [-0.05, 0) is 38.0 Å². The number of nitrogens with zero attached hydrogens (tertiary/aromatic N) is 5. The van der Waals surface area contributed by atoms with E-state index >= 15 is 0 Å². The summed E-state index contributed by atoms with van der Waals surface area (Å²) in [7, 11) is 0. The van der Waals surface area contributed by atoms with Crippen LogP contribution in [0.2, 0.25) is 0 Å². The van der Waals surface area contributed by atoms with Gasteiger partial charge in [-0.2, -0.15) is 18.3 Å². The number of H-pyrrole nitrogens is 1. The van der Waals surface area contributed by atoms with E-state index in [0.29, 0.717) is 34.1 Å². The van der Waals surface area contributed by atoms with Gasteiger partial charge < -0.3 is 5.11 Å². The van der Waals surface area contributed by atoms with E-state index in [1.165, 1.54) is 6.07 Å². The number of aromatic amines is 1. The van der Waals surface area contributed by atoms with Gasteiger partial charge in [0.15, 0.2) is 6.10 Å². The molecule has 11 heteroatoms. The minimum absolute atomic E-state index is 0.0822. The number of hydrogen-bond donors (Lipinski definition) is 2. The van der Waals surface area contributed by atoms with Gasteiger partial charge in [0.1, 0.15) is 11.2 Å². The molecule has 170 valence electrons. The van der Waals surface area contributed by atoms with Gasteiger partial charge in [0.25, 0.3) is 5.56 Å². The summed E-state index contributed by atoms with van der Waals surface area (Å²) in [5, 5.41) is 16.3. The fourth-order valence-electron chi connectivity index (χ4n) is 3.69. The Kier molecular flexibility index (Phi) is 5.00. The first-order chi connectivity index (χ1) is 15.7. The first-order valence-electron chi connectivity index (χ1n) is 10.3. The summed E-state index contributed by atoms with van der Waals surface area (Å²) < 4.78 is 39.3. The number of halogens is 3. The molecule has 1 fully saturated rings. The molecule has 1 aliphatic rings. The molecule has 0 amide bonds. The maximum atomic E-state index is 13.1. The maximum Gasteiger partial charge on any atom is 0.416 e. The topological polar surface area (TPSA) is 110 Å². The summed E-state index contributed by atoms with van der Waals surface area (Å²) in [5.74, 6) is 0.476. The summed E-state index contributed by atoms with van der Waals surface area (Å²) in [6, 6.07) is 5.28. The second-order valence-electron chi connectivity index (χ2n) is 8.17. The van der Waals surface area contributed by atoms with Crippen molar-refractivity contribution < 1.29 is 18.3 Å². The van der Waals surface area contributed by atoms with Crippen molar-refractivity contribution in [3.8, 4) is 22.5 Å². The van der Waals surface area contributed by atoms with Crippen molar-refractivity contribution >= 4 is 10.9 Å². The molecule has 33 heavy (non-hydrogen) atoms. The van der Waals surface area contributed by atoms with Crippen molar-refractivity contribution in [1.29, 1.82) is 0 Å². The summed E-state index contributed by atoms with van der Waals surface area (Å²) in [4.78, 5) is 26.5. The molecule has 2 N–H and O–H groups in total. The lowest BCUT2D eigenvalue weighted by atomic mass is 10.1. The van der Waals surface area contributed by atoms with Crippen LogP contribution in [0.25, 0.3) is 33.4 Å². The molecule has 0 radical (unpaired) electrons. The zero-order valence-electron chi connectivity index (χ0n) is 17.5. The largest absolute Gasteiger partial charge is 0.416 e. The van der Waals surface area contributed by atoms with Gasteiger partial charge in [-0.3, -0.25) is 19.4 Å². The Morgan fingerprint density at radius 3 is 2.64 bits per heavy atom. The number of aliphatic hydroxyl groups excluding tert-OH is 1. The lowest BCUT2D eigenvalue weighted by Crippen LogP contribution is -2.36. The van der Waals surface area contributed by atoms with Gasteiger partial charge in [-0.25, -0.2) is 9.97 Å². The van der Waals surface area contributed by atoms with E-state index in [1.54, 1.807) is 19.3 Å². The van der Waals surface area contributed by atoms with E-state index in [4.69, 9.17) is 4.98 Å². The highest BCUT2D eigenvalue weighted by Gasteiger charge is 2.38. The quantitative estimate of drug-likeness (QED) is 0.477. The Hall–Kier alpha value is -3.60. The number of aryl methyl sites for hydroxylation is 1. The Balaban J connectivity index is 1.68. The first kappa shape index (κ1) is 21.3. The molecule has 4 heterocycles. The normalized spacial score (nSPS) is 15.2. The molecule has 0 aromatic carbocycles. The molecule has 0 saturated heterocycles. The molecule has 0 unspecified atom stereocenters. The van der Waals surface area contributed by atoms with Gasteiger partial charge in [-0.1, -0.05) is 0 Å². The number of hydrogen-bond acceptors (Lipinski definition) is 6. The third kappa shape index (κ3) is 3.99. The zero-order chi connectivity index (χ0) is 23.3. The number of aliphatic hydroxyl groups is 1. The van der Waals surface area contributed by atoms with Crippen LogP contribution < -0.4 is 5.56 Å². The van der Waals surface area contributed by atoms with Crippen LogP contribution in [0.1, 0.15) is 30.1 Å². The Bertz CT molecular complexity index is 1390. The van der Waals surface area contributed by atoms with Crippen molar-refractivity contribution in [1.82, 2.24) is 29.7 Å². The Labute approximate surface area is 185 Å². The van der Waals surface area contributed by atoms with Gasteiger partial charge in [0, 0.05) is 34.6 Å². The second-order valence-corrected chi connectivity index (χ2v) is 8.17. The van der Waals surface area contributed by atoms with Crippen molar-refractivity contribution in [2.45, 2.75) is 44.5 Å². The van der Waals surface area contributed by atoms with E-state index in [0.717, 1.165) is 29.4 Å². The maximum absolute atomic E-state index is 13.1.